The molecule has 1 aromatic heterocycles. The van der Waals surface area contributed by atoms with Gasteiger partial charge in [0.05, 0.1) is 19.2 Å². The maximum Gasteiger partial charge on any atom is 0.340 e. The van der Waals surface area contributed by atoms with Crippen molar-refractivity contribution >= 4 is 28.2 Å². The quantitative estimate of drug-likeness (QED) is 0.703. The molecular formula is C21H25N3O5S. The van der Waals surface area contributed by atoms with E-state index in [2.05, 4.69) is 21.2 Å². The Morgan fingerprint density at radius 1 is 1.10 bits per heavy atom. The Kier molecular flexibility index (Phi) is 6.21. The number of rotatable bonds is 6. The van der Waals surface area contributed by atoms with Crippen LogP contribution in [0.25, 0.3) is 0 Å². The highest BCUT2D eigenvalue weighted by atomic mass is 32.1. The van der Waals surface area contributed by atoms with E-state index in [0.29, 0.717) is 17.1 Å². The number of hydrogen-bond donors (Lipinski definition) is 1. The number of aryl methyl sites for hydroxylation is 1. The zero-order chi connectivity index (χ0) is 21.1. The summed E-state index contributed by atoms with van der Waals surface area (Å²) in [6, 6.07) is 7.79. The Bertz CT molecular complexity index is 937. The van der Waals surface area contributed by atoms with Crippen LogP contribution in [0.4, 0.5) is 5.00 Å². The fraction of sp³-hybridized carbons (Fsp3) is 0.429. The summed E-state index contributed by atoms with van der Waals surface area (Å²) in [7, 11) is 1.34. The van der Waals surface area contributed by atoms with Gasteiger partial charge in [0.2, 0.25) is 12.7 Å². The topological polar surface area (TPSA) is 80.3 Å². The van der Waals surface area contributed by atoms with E-state index in [0.717, 1.165) is 49.1 Å². The van der Waals surface area contributed by atoms with E-state index in [1.807, 2.05) is 19.1 Å². The molecule has 3 heterocycles. The molecule has 9 heteroatoms. The fourth-order valence-corrected chi connectivity index (χ4v) is 4.56. The van der Waals surface area contributed by atoms with Crippen molar-refractivity contribution in [1.82, 2.24) is 9.80 Å². The SMILES string of the molecule is COC(=O)c1cc(C)sc1NC(=O)CN1CCN(Cc2ccc3c(c2)OCO3)CC1. The lowest BCUT2D eigenvalue weighted by Crippen LogP contribution is -2.48. The van der Waals surface area contributed by atoms with Crippen LogP contribution in [0, 0.1) is 6.92 Å². The maximum atomic E-state index is 12.5. The lowest BCUT2D eigenvalue weighted by Gasteiger charge is -2.34. The molecule has 1 N–H and O–H groups in total. The number of fused-ring (bicyclic) bond motifs is 1. The molecular weight excluding hydrogens is 406 g/mol. The van der Waals surface area contributed by atoms with Crippen LogP contribution in [-0.4, -0.2) is 68.3 Å². The number of carbonyl (C=O) groups excluding carboxylic acids is 2. The van der Waals surface area contributed by atoms with Gasteiger partial charge in [0.25, 0.3) is 0 Å². The number of amides is 1. The highest BCUT2D eigenvalue weighted by molar-refractivity contribution is 7.16. The molecule has 1 amide bonds. The zero-order valence-corrected chi connectivity index (χ0v) is 17.9. The smallest absolute Gasteiger partial charge is 0.340 e. The van der Waals surface area contributed by atoms with Gasteiger partial charge in [-0.15, -0.1) is 11.3 Å². The molecule has 8 nitrogen and oxygen atoms in total. The molecule has 1 saturated heterocycles. The molecule has 1 fully saturated rings. The number of ether oxygens (including phenoxy) is 3. The number of benzene rings is 1. The monoisotopic (exact) mass is 431 g/mol. The molecule has 2 aromatic rings. The zero-order valence-electron chi connectivity index (χ0n) is 17.1. The molecule has 2 aliphatic heterocycles. The summed E-state index contributed by atoms with van der Waals surface area (Å²) in [5.41, 5.74) is 1.59. The average molecular weight is 432 g/mol. The molecule has 0 radical (unpaired) electrons. The Morgan fingerprint density at radius 2 is 1.83 bits per heavy atom. The number of anilines is 1. The van der Waals surface area contributed by atoms with Gasteiger partial charge in [-0.1, -0.05) is 6.07 Å². The van der Waals surface area contributed by atoms with Crippen molar-refractivity contribution in [3.63, 3.8) is 0 Å². The number of nitrogens with one attached hydrogen (secondary N) is 1. The van der Waals surface area contributed by atoms with Crippen LogP contribution in [0.2, 0.25) is 0 Å². The number of methoxy groups -OCH3 is 1. The summed E-state index contributed by atoms with van der Waals surface area (Å²) in [6.07, 6.45) is 0. The van der Waals surface area contributed by atoms with E-state index in [4.69, 9.17) is 14.2 Å². The molecule has 1 aromatic carbocycles. The molecule has 2 aliphatic rings. The molecule has 4 rings (SSSR count). The Labute approximate surface area is 179 Å². The molecule has 0 spiro atoms. The lowest BCUT2D eigenvalue weighted by molar-refractivity contribution is -0.117. The summed E-state index contributed by atoms with van der Waals surface area (Å²) in [4.78, 5) is 29.8. The Hall–Kier alpha value is -2.62. The maximum absolute atomic E-state index is 12.5. The molecule has 30 heavy (non-hydrogen) atoms. The minimum atomic E-state index is -0.438. The largest absolute Gasteiger partial charge is 0.465 e. The fourth-order valence-electron chi connectivity index (χ4n) is 3.64. The normalized spacial score (nSPS) is 16.5. The second kappa shape index (κ2) is 9.03. The minimum Gasteiger partial charge on any atom is -0.465 e. The van der Waals surface area contributed by atoms with E-state index in [1.54, 1.807) is 6.07 Å². The first-order valence-electron chi connectivity index (χ1n) is 9.83. The molecule has 0 saturated carbocycles. The van der Waals surface area contributed by atoms with Crippen LogP contribution >= 0.6 is 11.3 Å². The predicted octanol–water partition coefficient (Wildman–Crippen LogP) is 2.33. The standard InChI is InChI=1S/C21H25N3O5S/c1-14-9-16(21(26)27-2)20(30-14)22-19(25)12-24-7-5-23(6-8-24)11-15-3-4-17-18(10-15)29-13-28-17/h3-4,9-10H,5-8,11-13H2,1-2H3,(H,22,25). The van der Waals surface area contributed by atoms with Gasteiger partial charge in [0.1, 0.15) is 5.00 Å². The third-order valence-electron chi connectivity index (χ3n) is 5.19. The van der Waals surface area contributed by atoms with Gasteiger partial charge < -0.3 is 19.5 Å². The Balaban J connectivity index is 1.26. The Morgan fingerprint density at radius 3 is 2.60 bits per heavy atom. The molecule has 0 bridgehead atoms. The lowest BCUT2D eigenvalue weighted by atomic mass is 10.1. The van der Waals surface area contributed by atoms with Crippen LogP contribution in [-0.2, 0) is 16.1 Å². The first-order chi connectivity index (χ1) is 14.5. The van der Waals surface area contributed by atoms with Gasteiger partial charge >= 0.3 is 5.97 Å². The van der Waals surface area contributed by atoms with E-state index in [-0.39, 0.29) is 12.7 Å². The van der Waals surface area contributed by atoms with Crippen molar-refractivity contribution in [2.45, 2.75) is 13.5 Å². The van der Waals surface area contributed by atoms with Gasteiger partial charge in [0.15, 0.2) is 11.5 Å². The van der Waals surface area contributed by atoms with Crippen molar-refractivity contribution in [1.29, 1.82) is 0 Å². The van der Waals surface area contributed by atoms with Crippen LogP contribution < -0.4 is 14.8 Å². The number of thiophene rings is 1. The van der Waals surface area contributed by atoms with Crippen LogP contribution in [0.15, 0.2) is 24.3 Å². The minimum absolute atomic E-state index is 0.119. The van der Waals surface area contributed by atoms with E-state index < -0.39 is 5.97 Å². The highest BCUT2D eigenvalue weighted by Gasteiger charge is 2.22. The van der Waals surface area contributed by atoms with Crippen molar-refractivity contribution in [2.75, 3.05) is 51.9 Å². The number of nitrogens with zero attached hydrogens (tertiary/aromatic N) is 2. The van der Waals surface area contributed by atoms with Gasteiger partial charge in [-0.05, 0) is 30.7 Å². The van der Waals surface area contributed by atoms with Gasteiger partial charge in [-0.25, -0.2) is 4.79 Å². The van der Waals surface area contributed by atoms with Crippen molar-refractivity contribution < 1.29 is 23.8 Å². The molecule has 160 valence electrons. The van der Waals surface area contributed by atoms with E-state index >= 15 is 0 Å². The van der Waals surface area contributed by atoms with Crippen LogP contribution in [0.5, 0.6) is 11.5 Å². The van der Waals surface area contributed by atoms with Gasteiger partial charge in [0, 0.05) is 37.6 Å². The number of hydrogen-bond acceptors (Lipinski definition) is 8. The van der Waals surface area contributed by atoms with Crippen molar-refractivity contribution in [2.24, 2.45) is 0 Å². The first-order valence-corrected chi connectivity index (χ1v) is 10.7. The summed E-state index contributed by atoms with van der Waals surface area (Å²) < 4.78 is 15.6. The number of piperazine rings is 1. The molecule has 0 aliphatic carbocycles. The van der Waals surface area contributed by atoms with Crippen LogP contribution in [0.3, 0.4) is 0 Å². The number of esters is 1. The summed E-state index contributed by atoms with van der Waals surface area (Å²) in [5, 5.41) is 3.41. The summed E-state index contributed by atoms with van der Waals surface area (Å²) in [6.45, 7) is 6.71. The summed E-state index contributed by atoms with van der Waals surface area (Å²) in [5.74, 6) is 1.04. The second-order valence-corrected chi connectivity index (χ2v) is 8.64. The third kappa shape index (κ3) is 4.75. The van der Waals surface area contributed by atoms with Crippen LogP contribution in [0.1, 0.15) is 20.8 Å². The van der Waals surface area contributed by atoms with E-state index in [9.17, 15) is 9.59 Å². The molecule has 0 unspecified atom stereocenters. The number of carbonyl (C=O) groups is 2. The van der Waals surface area contributed by atoms with Crippen molar-refractivity contribution in [3.8, 4) is 11.5 Å². The second-order valence-electron chi connectivity index (χ2n) is 7.38. The van der Waals surface area contributed by atoms with Crippen molar-refractivity contribution in [3.05, 3.63) is 40.3 Å². The summed E-state index contributed by atoms with van der Waals surface area (Å²) >= 11 is 1.38. The molecule has 0 atom stereocenters. The average Bonchev–Trinajstić information content (AvgIpc) is 3.34. The predicted molar refractivity (Wildman–Crippen MR) is 113 cm³/mol. The third-order valence-corrected chi connectivity index (χ3v) is 6.15. The van der Waals surface area contributed by atoms with E-state index in [1.165, 1.54) is 24.0 Å². The van der Waals surface area contributed by atoms with Gasteiger partial charge in [-0.3, -0.25) is 14.6 Å². The first kappa shape index (κ1) is 20.6. The van der Waals surface area contributed by atoms with Gasteiger partial charge in [-0.2, -0.15) is 0 Å². The highest BCUT2D eigenvalue weighted by Crippen LogP contribution is 2.33.